The maximum absolute atomic E-state index is 13.2. The van der Waals surface area contributed by atoms with Crippen molar-refractivity contribution < 1.29 is 9.59 Å². The predicted molar refractivity (Wildman–Crippen MR) is 109 cm³/mol. The fraction of sp³-hybridized carbons (Fsp3) is 0.300. The van der Waals surface area contributed by atoms with Crippen LogP contribution in [-0.4, -0.2) is 36.6 Å². The molecule has 138 valence electrons. The number of anilines is 1. The van der Waals surface area contributed by atoms with Crippen molar-refractivity contribution in [1.29, 1.82) is 0 Å². The van der Waals surface area contributed by atoms with Gasteiger partial charge in [-0.25, -0.2) is 0 Å². The molecule has 2 aromatic carbocycles. The topological polar surface area (TPSA) is 61.4 Å². The van der Waals surface area contributed by atoms with Gasteiger partial charge in [-0.05, 0) is 44.5 Å². The molecule has 0 spiro atoms. The molecule has 0 bridgehead atoms. The molecule has 0 aliphatic carbocycles. The van der Waals surface area contributed by atoms with Gasteiger partial charge in [0.25, 0.3) is 5.91 Å². The lowest BCUT2D eigenvalue weighted by Gasteiger charge is -2.38. The molecular formula is C20H21BClN3O2. The number of carbonyl (C=O) groups is 2. The van der Waals surface area contributed by atoms with Gasteiger partial charge in [0.2, 0.25) is 5.91 Å². The van der Waals surface area contributed by atoms with Crippen molar-refractivity contribution in [2.45, 2.75) is 32.5 Å². The van der Waals surface area contributed by atoms with Crippen molar-refractivity contribution in [3.63, 3.8) is 0 Å². The monoisotopic (exact) mass is 381 g/mol. The molecule has 2 radical (unpaired) electrons. The molecule has 2 N–H and O–H groups in total. The Labute approximate surface area is 165 Å². The van der Waals surface area contributed by atoms with Gasteiger partial charge in [-0.3, -0.25) is 9.59 Å². The molecule has 2 amide bonds. The summed E-state index contributed by atoms with van der Waals surface area (Å²) in [5.74, 6) is -0.498. The molecule has 3 rings (SSSR count). The van der Waals surface area contributed by atoms with Gasteiger partial charge in [0.1, 0.15) is 20.6 Å². The zero-order valence-corrected chi connectivity index (χ0v) is 16.3. The average molecular weight is 382 g/mol. The number of hydrogen-bond acceptors (Lipinski definition) is 3. The molecule has 1 heterocycles. The molecule has 0 fully saturated rings. The van der Waals surface area contributed by atoms with Crippen LogP contribution in [0.15, 0.2) is 42.5 Å². The van der Waals surface area contributed by atoms with E-state index >= 15 is 0 Å². The highest BCUT2D eigenvalue weighted by molar-refractivity contribution is 6.33. The first-order valence-corrected chi connectivity index (χ1v) is 9.05. The summed E-state index contributed by atoms with van der Waals surface area (Å²) in [5.41, 5.74) is 2.01. The molecule has 0 aromatic heterocycles. The van der Waals surface area contributed by atoms with E-state index in [-0.39, 0.29) is 18.4 Å². The Balaban J connectivity index is 1.99. The molecule has 7 heteroatoms. The number of hydrogen-bond donors (Lipinski definition) is 2. The quantitative estimate of drug-likeness (QED) is 0.804. The Morgan fingerprint density at radius 2 is 2.00 bits per heavy atom. The molecule has 0 saturated heterocycles. The summed E-state index contributed by atoms with van der Waals surface area (Å²) < 4.78 is 0. The van der Waals surface area contributed by atoms with E-state index in [1.807, 2.05) is 32.9 Å². The highest BCUT2D eigenvalue weighted by Gasteiger charge is 2.34. The van der Waals surface area contributed by atoms with E-state index in [4.69, 9.17) is 19.4 Å². The Hall–Kier alpha value is -2.47. The molecule has 1 aliphatic rings. The van der Waals surface area contributed by atoms with Gasteiger partial charge >= 0.3 is 0 Å². The maximum Gasteiger partial charge on any atom is 0.258 e. The van der Waals surface area contributed by atoms with Gasteiger partial charge in [-0.1, -0.05) is 41.3 Å². The zero-order chi connectivity index (χ0) is 19.8. The van der Waals surface area contributed by atoms with Crippen LogP contribution in [0, 0.1) is 0 Å². The Bertz CT molecular complexity index is 895. The van der Waals surface area contributed by atoms with Gasteiger partial charge in [-0.2, -0.15) is 0 Å². The normalized spacial score (nSPS) is 16.5. The van der Waals surface area contributed by atoms with E-state index in [2.05, 4.69) is 10.6 Å². The zero-order valence-electron chi connectivity index (χ0n) is 15.5. The third-order valence-electron chi connectivity index (χ3n) is 4.13. The second-order valence-corrected chi connectivity index (χ2v) is 8.07. The average Bonchev–Trinajstić information content (AvgIpc) is 2.56. The van der Waals surface area contributed by atoms with E-state index in [9.17, 15) is 9.59 Å². The van der Waals surface area contributed by atoms with Crippen LogP contribution in [0.25, 0.3) is 0 Å². The van der Waals surface area contributed by atoms with Crippen LogP contribution < -0.4 is 16.1 Å². The van der Waals surface area contributed by atoms with Gasteiger partial charge in [0.15, 0.2) is 0 Å². The largest absolute Gasteiger partial charge is 0.361 e. The van der Waals surface area contributed by atoms with Crippen molar-refractivity contribution in [3.8, 4) is 0 Å². The van der Waals surface area contributed by atoms with Gasteiger partial charge in [0, 0.05) is 16.2 Å². The highest BCUT2D eigenvalue weighted by atomic mass is 35.5. The van der Waals surface area contributed by atoms with Crippen LogP contribution in [0.1, 0.15) is 42.9 Å². The molecule has 1 atom stereocenters. The van der Waals surface area contributed by atoms with Crippen molar-refractivity contribution in [1.82, 2.24) is 10.2 Å². The van der Waals surface area contributed by atoms with Crippen LogP contribution in [0.3, 0.4) is 0 Å². The molecule has 1 unspecified atom stereocenters. The van der Waals surface area contributed by atoms with Crippen molar-refractivity contribution >= 4 is 42.4 Å². The van der Waals surface area contributed by atoms with Crippen LogP contribution in [0.4, 0.5) is 5.69 Å². The van der Waals surface area contributed by atoms with Crippen LogP contribution in [-0.2, 0) is 4.79 Å². The molecule has 0 saturated carbocycles. The number of nitrogens with one attached hydrogen (secondary N) is 2. The number of carbonyl (C=O) groups excluding carboxylic acids is 2. The van der Waals surface area contributed by atoms with Crippen LogP contribution >= 0.6 is 11.6 Å². The SMILES string of the molecule is [B]c1ccc2c(c1)C(=O)N(CC(=O)NC(C)(C)C)C(c1cccc(Cl)c1)N2. The van der Waals surface area contributed by atoms with Crippen LogP contribution in [0.5, 0.6) is 0 Å². The fourth-order valence-electron chi connectivity index (χ4n) is 3.08. The van der Waals surface area contributed by atoms with Gasteiger partial charge in [0.05, 0.1) is 5.56 Å². The number of amides is 2. The van der Waals surface area contributed by atoms with Crippen molar-refractivity contribution in [2.24, 2.45) is 0 Å². The van der Waals surface area contributed by atoms with E-state index in [1.54, 1.807) is 30.3 Å². The molecule has 5 nitrogen and oxygen atoms in total. The third-order valence-corrected chi connectivity index (χ3v) is 4.37. The van der Waals surface area contributed by atoms with Crippen molar-refractivity contribution in [3.05, 3.63) is 58.6 Å². The number of rotatable bonds is 3. The minimum absolute atomic E-state index is 0.0888. The van der Waals surface area contributed by atoms with Crippen molar-refractivity contribution in [2.75, 3.05) is 11.9 Å². The first kappa shape index (κ1) is 19.3. The second kappa shape index (κ2) is 7.27. The summed E-state index contributed by atoms with van der Waals surface area (Å²) in [7, 11) is 5.84. The summed E-state index contributed by atoms with van der Waals surface area (Å²) in [6.45, 7) is 5.59. The summed E-state index contributed by atoms with van der Waals surface area (Å²) in [5, 5.41) is 6.78. The number of fused-ring (bicyclic) bond motifs is 1. The number of nitrogens with zero attached hydrogens (tertiary/aromatic N) is 1. The molecular weight excluding hydrogens is 361 g/mol. The lowest BCUT2D eigenvalue weighted by Crippen LogP contribution is -2.51. The lowest BCUT2D eigenvalue weighted by atomic mass is 9.92. The first-order valence-electron chi connectivity index (χ1n) is 8.67. The minimum atomic E-state index is -0.516. The summed E-state index contributed by atoms with van der Waals surface area (Å²) >= 11 is 6.13. The summed E-state index contributed by atoms with van der Waals surface area (Å²) in [6.07, 6.45) is -0.516. The van der Waals surface area contributed by atoms with Gasteiger partial charge < -0.3 is 15.5 Å². The summed E-state index contributed by atoms with van der Waals surface area (Å²) in [6, 6.07) is 12.4. The van der Waals surface area contributed by atoms with E-state index in [1.165, 1.54) is 4.90 Å². The second-order valence-electron chi connectivity index (χ2n) is 7.64. The predicted octanol–water partition coefficient (Wildman–Crippen LogP) is 2.62. The Morgan fingerprint density at radius 1 is 1.26 bits per heavy atom. The van der Waals surface area contributed by atoms with Gasteiger partial charge in [-0.15, -0.1) is 0 Å². The minimum Gasteiger partial charge on any atom is -0.361 e. The third kappa shape index (κ3) is 4.45. The number of halogens is 1. The molecule has 2 aromatic rings. The number of benzene rings is 2. The lowest BCUT2D eigenvalue weighted by molar-refractivity contribution is -0.123. The maximum atomic E-state index is 13.2. The molecule has 1 aliphatic heterocycles. The first-order chi connectivity index (χ1) is 12.6. The fourth-order valence-corrected chi connectivity index (χ4v) is 3.28. The smallest absolute Gasteiger partial charge is 0.258 e. The highest BCUT2D eigenvalue weighted by Crippen LogP contribution is 2.33. The summed E-state index contributed by atoms with van der Waals surface area (Å²) in [4.78, 5) is 27.2. The van der Waals surface area contributed by atoms with E-state index in [0.29, 0.717) is 21.7 Å². The Kier molecular flexibility index (Phi) is 5.20. The molecule has 27 heavy (non-hydrogen) atoms. The van der Waals surface area contributed by atoms with E-state index in [0.717, 1.165) is 5.56 Å². The van der Waals surface area contributed by atoms with E-state index < -0.39 is 11.7 Å². The van der Waals surface area contributed by atoms with Crippen LogP contribution in [0.2, 0.25) is 5.02 Å². The Morgan fingerprint density at radius 3 is 2.67 bits per heavy atom. The standard InChI is InChI=1S/C20H21BClN3O2/c1-20(2,3)24-17(26)11-25-18(12-5-4-6-14(22)9-12)23-16-8-7-13(21)10-15(16)19(25)27/h4-10,18,23H,11H2,1-3H3,(H,24,26).